The SMILES string of the molecule is CCCN(CCC)C(=O)c1cc(C(N)=O)cc(C(=O)OC(CNCc2cccc(OC)c2)C(N)Cc2cccs2)c1. The molecule has 3 aromatic rings. The third-order valence-corrected chi connectivity index (χ3v) is 7.43. The molecule has 0 saturated heterocycles. The molecule has 1 heterocycles. The van der Waals surface area contributed by atoms with E-state index in [0.29, 0.717) is 26.1 Å². The molecule has 9 nitrogen and oxygen atoms in total. The van der Waals surface area contributed by atoms with E-state index in [4.69, 9.17) is 20.9 Å². The van der Waals surface area contributed by atoms with E-state index in [1.54, 1.807) is 23.3 Å². The summed E-state index contributed by atoms with van der Waals surface area (Å²) in [6.07, 6.45) is 1.39. The summed E-state index contributed by atoms with van der Waals surface area (Å²) in [4.78, 5) is 41.6. The number of rotatable bonds is 16. The number of carbonyl (C=O) groups is 3. The van der Waals surface area contributed by atoms with Gasteiger partial charge in [0.1, 0.15) is 11.9 Å². The van der Waals surface area contributed by atoms with Crippen LogP contribution < -0.4 is 21.5 Å². The molecule has 0 spiro atoms. The number of benzene rings is 2. The fourth-order valence-electron chi connectivity index (χ4n) is 4.47. The maximum absolute atomic E-state index is 13.5. The largest absolute Gasteiger partial charge is 0.497 e. The Hall–Kier alpha value is -3.73. The number of nitrogens with one attached hydrogen (secondary N) is 1. The first-order chi connectivity index (χ1) is 19.7. The molecule has 3 rings (SSSR count). The summed E-state index contributed by atoms with van der Waals surface area (Å²) < 4.78 is 11.2. The molecule has 2 unspecified atom stereocenters. The molecule has 220 valence electrons. The molecule has 5 N–H and O–H groups in total. The van der Waals surface area contributed by atoms with Gasteiger partial charge in [0.05, 0.1) is 12.7 Å². The quantitative estimate of drug-likeness (QED) is 0.218. The van der Waals surface area contributed by atoms with Crippen LogP contribution in [-0.4, -0.2) is 61.6 Å². The van der Waals surface area contributed by atoms with E-state index in [9.17, 15) is 14.4 Å². The van der Waals surface area contributed by atoms with E-state index < -0.39 is 24.0 Å². The van der Waals surface area contributed by atoms with Gasteiger partial charge in [0, 0.05) is 54.6 Å². The molecule has 0 saturated carbocycles. The number of esters is 1. The monoisotopic (exact) mass is 580 g/mol. The topological polar surface area (TPSA) is 137 Å². The van der Waals surface area contributed by atoms with Crippen molar-refractivity contribution in [3.8, 4) is 5.75 Å². The van der Waals surface area contributed by atoms with Crippen molar-refractivity contribution in [3.05, 3.63) is 87.1 Å². The zero-order valence-electron chi connectivity index (χ0n) is 23.9. The Morgan fingerprint density at radius 3 is 2.32 bits per heavy atom. The predicted molar refractivity (Wildman–Crippen MR) is 161 cm³/mol. The van der Waals surface area contributed by atoms with Crippen molar-refractivity contribution < 1.29 is 23.9 Å². The Morgan fingerprint density at radius 1 is 0.976 bits per heavy atom. The molecular formula is C31H40N4O5S. The summed E-state index contributed by atoms with van der Waals surface area (Å²) in [5.74, 6) is -0.943. The Balaban J connectivity index is 1.83. The lowest BCUT2D eigenvalue weighted by Gasteiger charge is -2.25. The van der Waals surface area contributed by atoms with Gasteiger partial charge in [-0.3, -0.25) is 9.59 Å². The lowest BCUT2D eigenvalue weighted by molar-refractivity contribution is 0.0239. The normalized spacial score (nSPS) is 12.4. The van der Waals surface area contributed by atoms with Crippen LogP contribution in [0.2, 0.25) is 0 Å². The summed E-state index contributed by atoms with van der Waals surface area (Å²) in [7, 11) is 1.61. The molecular weight excluding hydrogens is 540 g/mol. The minimum Gasteiger partial charge on any atom is -0.497 e. The van der Waals surface area contributed by atoms with Crippen LogP contribution in [-0.2, 0) is 17.7 Å². The zero-order valence-corrected chi connectivity index (χ0v) is 24.7. The van der Waals surface area contributed by atoms with E-state index in [1.165, 1.54) is 18.2 Å². The molecule has 0 aliphatic rings. The second-order valence-electron chi connectivity index (χ2n) is 9.83. The van der Waals surface area contributed by atoms with Crippen LogP contribution in [0.3, 0.4) is 0 Å². The van der Waals surface area contributed by atoms with E-state index in [-0.39, 0.29) is 29.1 Å². The van der Waals surface area contributed by atoms with Gasteiger partial charge in [-0.1, -0.05) is 32.0 Å². The van der Waals surface area contributed by atoms with Gasteiger partial charge in [0.2, 0.25) is 5.91 Å². The Labute approximate surface area is 245 Å². The summed E-state index contributed by atoms with van der Waals surface area (Å²) >= 11 is 1.58. The third kappa shape index (κ3) is 9.41. The summed E-state index contributed by atoms with van der Waals surface area (Å²) in [6, 6.07) is 15.3. The highest BCUT2D eigenvalue weighted by Gasteiger charge is 2.25. The minimum absolute atomic E-state index is 0.0614. The molecule has 0 bridgehead atoms. The van der Waals surface area contributed by atoms with Crippen LogP contribution in [0, 0.1) is 0 Å². The van der Waals surface area contributed by atoms with Gasteiger partial charge in [-0.2, -0.15) is 0 Å². The first-order valence-corrected chi connectivity index (χ1v) is 14.7. The number of amides is 2. The molecule has 2 amide bonds. The van der Waals surface area contributed by atoms with Gasteiger partial charge in [-0.05, 0) is 60.2 Å². The number of hydrogen-bond acceptors (Lipinski definition) is 8. The van der Waals surface area contributed by atoms with Crippen LogP contribution in [0.15, 0.2) is 60.0 Å². The highest BCUT2D eigenvalue weighted by Crippen LogP contribution is 2.18. The number of nitrogens with zero attached hydrogens (tertiary/aromatic N) is 1. The number of carbonyl (C=O) groups excluding carboxylic acids is 3. The van der Waals surface area contributed by atoms with Crippen molar-refractivity contribution in [1.29, 1.82) is 0 Å². The van der Waals surface area contributed by atoms with Gasteiger partial charge in [-0.15, -0.1) is 11.3 Å². The van der Waals surface area contributed by atoms with Gasteiger partial charge in [0.25, 0.3) is 5.91 Å². The molecule has 41 heavy (non-hydrogen) atoms. The van der Waals surface area contributed by atoms with Gasteiger partial charge in [0.15, 0.2) is 0 Å². The van der Waals surface area contributed by atoms with E-state index >= 15 is 0 Å². The van der Waals surface area contributed by atoms with Crippen molar-refractivity contribution in [2.24, 2.45) is 11.5 Å². The average Bonchev–Trinajstić information content (AvgIpc) is 3.49. The van der Waals surface area contributed by atoms with Crippen LogP contribution in [0.25, 0.3) is 0 Å². The molecule has 0 radical (unpaired) electrons. The Kier molecular flexibility index (Phi) is 12.3. The van der Waals surface area contributed by atoms with Gasteiger partial charge in [-0.25, -0.2) is 4.79 Å². The van der Waals surface area contributed by atoms with Crippen molar-refractivity contribution in [1.82, 2.24) is 10.2 Å². The molecule has 0 aliphatic heterocycles. The maximum atomic E-state index is 13.5. The Morgan fingerprint density at radius 2 is 1.68 bits per heavy atom. The molecule has 2 aromatic carbocycles. The number of methoxy groups -OCH3 is 1. The highest BCUT2D eigenvalue weighted by molar-refractivity contribution is 7.09. The van der Waals surface area contributed by atoms with Crippen LogP contribution in [0.1, 0.15) is 68.2 Å². The second-order valence-corrected chi connectivity index (χ2v) is 10.9. The standard InChI is InChI=1S/C31H40N4O5S/c1-4-11-35(12-5-2)30(37)23-15-22(29(33)36)16-24(17-23)31(38)40-28(27(32)18-26-10-7-13-41-26)20-34-19-21-8-6-9-25(14-21)39-3/h6-10,13-17,27-28,34H,4-5,11-12,18-20,32H2,1-3H3,(H2,33,36). The minimum atomic E-state index is -0.739. The summed E-state index contributed by atoms with van der Waals surface area (Å²) in [5.41, 5.74) is 13.5. The molecule has 2 atom stereocenters. The third-order valence-electron chi connectivity index (χ3n) is 6.54. The van der Waals surface area contributed by atoms with E-state index in [0.717, 1.165) is 29.0 Å². The molecule has 10 heteroatoms. The summed E-state index contributed by atoms with van der Waals surface area (Å²) in [5, 5.41) is 5.30. The number of thiophene rings is 1. The zero-order chi connectivity index (χ0) is 29.8. The van der Waals surface area contributed by atoms with Crippen LogP contribution >= 0.6 is 11.3 Å². The smallest absolute Gasteiger partial charge is 0.338 e. The van der Waals surface area contributed by atoms with Crippen molar-refractivity contribution in [2.45, 2.75) is 51.8 Å². The lowest BCUT2D eigenvalue weighted by Crippen LogP contribution is -2.45. The number of primary amides is 1. The van der Waals surface area contributed by atoms with Gasteiger partial charge >= 0.3 is 5.97 Å². The first kappa shape index (κ1) is 31.8. The number of hydrogen-bond donors (Lipinski definition) is 3. The van der Waals surface area contributed by atoms with Crippen molar-refractivity contribution >= 4 is 29.1 Å². The molecule has 0 aliphatic carbocycles. The van der Waals surface area contributed by atoms with Crippen LogP contribution in [0.4, 0.5) is 0 Å². The predicted octanol–water partition coefficient (Wildman–Crippen LogP) is 4.00. The lowest BCUT2D eigenvalue weighted by atomic mass is 10.0. The van der Waals surface area contributed by atoms with Crippen molar-refractivity contribution in [3.63, 3.8) is 0 Å². The molecule has 0 fully saturated rings. The highest BCUT2D eigenvalue weighted by atomic mass is 32.1. The second kappa shape index (κ2) is 15.9. The van der Waals surface area contributed by atoms with E-state index in [2.05, 4.69) is 5.32 Å². The average molecular weight is 581 g/mol. The first-order valence-electron chi connectivity index (χ1n) is 13.8. The fraction of sp³-hybridized carbons (Fsp3) is 0.387. The van der Waals surface area contributed by atoms with Gasteiger partial charge < -0.3 is 31.2 Å². The summed E-state index contributed by atoms with van der Waals surface area (Å²) in [6.45, 7) is 5.90. The Bertz CT molecular complexity index is 1290. The van der Waals surface area contributed by atoms with E-state index in [1.807, 2.05) is 55.6 Å². The maximum Gasteiger partial charge on any atom is 0.338 e. The number of nitrogens with two attached hydrogens (primary N) is 2. The molecule has 1 aromatic heterocycles. The van der Waals surface area contributed by atoms with Crippen molar-refractivity contribution in [2.75, 3.05) is 26.7 Å². The number of ether oxygens (including phenoxy) is 2. The fourth-order valence-corrected chi connectivity index (χ4v) is 5.25. The van der Waals surface area contributed by atoms with Crippen LogP contribution in [0.5, 0.6) is 5.75 Å².